The van der Waals surface area contributed by atoms with Gasteiger partial charge in [0.1, 0.15) is 13.2 Å². The Balaban J connectivity index is 4.10. The molecule has 0 saturated carbocycles. The van der Waals surface area contributed by atoms with E-state index in [-0.39, 0.29) is 32.2 Å². The third-order valence-electron chi connectivity index (χ3n) is 15.4. The molecule has 0 aromatic rings. The first kappa shape index (κ1) is 80.5. The second kappa shape index (κ2) is 65.4. The highest BCUT2D eigenvalue weighted by atomic mass is 16.7. The Morgan fingerprint density at radius 1 is 0.369 bits per heavy atom. The van der Waals surface area contributed by atoms with Gasteiger partial charge in [-0.3, -0.25) is 9.59 Å². The molecule has 0 fully saturated rings. The van der Waals surface area contributed by atoms with E-state index in [9.17, 15) is 19.5 Å². The summed E-state index contributed by atoms with van der Waals surface area (Å²) in [7, 11) is 5.94. The van der Waals surface area contributed by atoms with E-state index in [0.717, 1.165) is 83.5 Å². The number of unbranched alkanes of at least 4 members (excludes halogenated alkanes) is 36. The molecule has 2 unspecified atom stereocenters. The molecule has 0 aliphatic heterocycles. The van der Waals surface area contributed by atoms with Crippen LogP contribution in [0.3, 0.4) is 0 Å². The fourth-order valence-electron chi connectivity index (χ4n) is 10.0. The summed E-state index contributed by atoms with van der Waals surface area (Å²) in [4.78, 5) is 37.5. The molecule has 0 aromatic carbocycles. The van der Waals surface area contributed by atoms with Crippen molar-refractivity contribution in [1.82, 2.24) is 0 Å². The molecule has 9 heteroatoms. The summed E-state index contributed by atoms with van der Waals surface area (Å²) in [5, 5.41) is 11.8. The van der Waals surface area contributed by atoms with E-state index in [1.54, 1.807) is 0 Å². The average molecular weight is 1180 g/mol. The maximum absolute atomic E-state index is 12.9. The molecule has 9 nitrogen and oxygen atoms in total. The molecule has 0 aromatic heterocycles. The van der Waals surface area contributed by atoms with Crippen molar-refractivity contribution in [1.29, 1.82) is 0 Å². The lowest BCUT2D eigenvalue weighted by Crippen LogP contribution is -2.44. The van der Waals surface area contributed by atoms with E-state index in [1.165, 1.54) is 199 Å². The van der Waals surface area contributed by atoms with Gasteiger partial charge in [0.05, 0.1) is 40.3 Å². The van der Waals surface area contributed by atoms with Crippen molar-refractivity contribution in [2.75, 3.05) is 47.5 Å². The first-order valence-electron chi connectivity index (χ1n) is 35.2. The zero-order valence-corrected chi connectivity index (χ0v) is 55.5. The van der Waals surface area contributed by atoms with Crippen molar-refractivity contribution >= 4 is 17.9 Å². The van der Waals surface area contributed by atoms with Gasteiger partial charge in [0, 0.05) is 12.8 Å². The highest BCUT2D eigenvalue weighted by molar-refractivity contribution is 5.70. The Bertz CT molecular complexity index is 1650. The number of allylic oxidation sites excluding steroid dienone is 14. The zero-order valence-electron chi connectivity index (χ0n) is 55.5. The van der Waals surface area contributed by atoms with Crippen molar-refractivity contribution in [3.05, 3.63) is 85.1 Å². The van der Waals surface area contributed by atoms with Crippen molar-refractivity contribution in [2.24, 2.45) is 0 Å². The van der Waals surface area contributed by atoms with Crippen LogP contribution < -0.4 is 5.11 Å². The Hall–Kier alpha value is -3.53. The van der Waals surface area contributed by atoms with Crippen LogP contribution in [-0.2, 0) is 33.3 Å². The minimum Gasteiger partial charge on any atom is -0.545 e. The normalized spacial score (nSPS) is 13.2. The van der Waals surface area contributed by atoms with Gasteiger partial charge in [-0.15, -0.1) is 0 Å². The summed E-state index contributed by atoms with van der Waals surface area (Å²) in [5.74, 6) is -2.27. The third kappa shape index (κ3) is 66.0. The number of carbonyl (C=O) groups excluding carboxylic acids is 3. The molecule has 0 amide bonds. The van der Waals surface area contributed by atoms with Crippen LogP contribution in [0.15, 0.2) is 85.1 Å². The Morgan fingerprint density at radius 2 is 0.679 bits per heavy atom. The molecule has 84 heavy (non-hydrogen) atoms. The second-order valence-electron chi connectivity index (χ2n) is 24.8. The molecule has 0 aliphatic carbocycles. The summed E-state index contributed by atoms with van der Waals surface area (Å²) in [5.41, 5.74) is 0. The highest BCUT2D eigenvalue weighted by Gasteiger charge is 2.22. The molecular weight excluding hydrogens is 1040 g/mol. The fraction of sp³-hybridized carbons (Fsp3) is 0.773. The van der Waals surface area contributed by atoms with Gasteiger partial charge < -0.3 is 33.3 Å². The third-order valence-corrected chi connectivity index (χ3v) is 15.4. The number of ether oxygens (including phenoxy) is 4. The molecule has 0 spiro atoms. The molecule has 0 heterocycles. The average Bonchev–Trinajstić information content (AvgIpc) is 3.55. The smallest absolute Gasteiger partial charge is 0.306 e. The van der Waals surface area contributed by atoms with Crippen molar-refractivity contribution in [3.63, 3.8) is 0 Å². The zero-order chi connectivity index (χ0) is 61.2. The van der Waals surface area contributed by atoms with Gasteiger partial charge in [-0.2, -0.15) is 0 Å². The van der Waals surface area contributed by atoms with Gasteiger partial charge in [-0.25, -0.2) is 0 Å². The van der Waals surface area contributed by atoms with Gasteiger partial charge in [-0.05, 0) is 70.6 Å². The van der Waals surface area contributed by atoms with Crippen LogP contribution >= 0.6 is 0 Å². The Kier molecular flexibility index (Phi) is 62.7. The number of likely N-dealkylation sites (N-methyl/N-ethyl adjacent to an activating group) is 1. The number of carbonyl (C=O) groups is 3. The van der Waals surface area contributed by atoms with Crippen LogP contribution in [0.1, 0.15) is 316 Å². The van der Waals surface area contributed by atoms with Crippen LogP contribution in [0, 0.1) is 0 Å². The van der Waals surface area contributed by atoms with Crippen molar-refractivity contribution in [3.8, 4) is 0 Å². The van der Waals surface area contributed by atoms with Gasteiger partial charge in [0.15, 0.2) is 12.4 Å². The summed E-state index contributed by atoms with van der Waals surface area (Å²) in [6, 6.07) is 0. The minimum absolute atomic E-state index is 0.147. The number of nitrogens with zero attached hydrogens (tertiary/aromatic N) is 1. The largest absolute Gasteiger partial charge is 0.545 e. The first-order valence-corrected chi connectivity index (χ1v) is 35.2. The van der Waals surface area contributed by atoms with Crippen LogP contribution in [0.2, 0.25) is 0 Å². The number of rotatable bonds is 65. The molecule has 0 N–H and O–H groups in total. The first-order chi connectivity index (χ1) is 41.1. The summed E-state index contributed by atoms with van der Waals surface area (Å²) >= 11 is 0. The van der Waals surface area contributed by atoms with E-state index in [1.807, 2.05) is 21.1 Å². The van der Waals surface area contributed by atoms with E-state index < -0.39 is 24.3 Å². The van der Waals surface area contributed by atoms with E-state index in [0.29, 0.717) is 23.9 Å². The maximum atomic E-state index is 12.9. The monoisotopic (exact) mass is 1180 g/mol. The van der Waals surface area contributed by atoms with E-state index in [4.69, 9.17) is 18.9 Å². The van der Waals surface area contributed by atoms with Crippen LogP contribution in [0.25, 0.3) is 0 Å². The lowest BCUT2D eigenvalue weighted by atomic mass is 10.0. The topological polar surface area (TPSA) is 111 Å². The number of aliphatic carboxylic acids is 1. The van der Waals surface area contributed by atoms with Crippen LogP contribution in [0.5, 0.6) is 0 Å². The summed E-state index contributed by atoms with van der Waals surface area (Å²) in [6.45, 7) is 4.68. The minimum atomic E-state index is -1.62. The number of carboxylic acids is 1. The number of quaternary nitrogens is 1. The van der Waals surface area contributed by atoms with E-state index in [2.05, 4.69) is 98.9 Å². The predicted octanol–water partition coefficient (Wildman–Crippen LogP) is 20.5. The Morgan fingerprint density at radius 3 is 1.01 bits per heavy atom. The lowest BCUT2D eigenvalue weighted by Gasteiger charge is -2.26. The number of hydrogen-bond donors (Lipinski definition) is 0. The van der Waals surface area contributed by atoms with Crippen LogP contribution in [-0.4, -0.2) is 82.3 Å². The van der Waals surface area contributed by atoms with Gasteiger partial charge >= 0.3 is 11.9 Å². The second-order valence-corrected chi connectivity index (χ2v) is 24.8. The molecule has 486 valence electrons. The summed E-state index contributed by atoms with van der Waals surface area (Å²) in [6.07, 6.45) is 85.2. The standard InChI is InChI=1S/C75H133NO8/c1-6-8-10-12-14-16-18-20-22-24-26-28-30-32-33-34-35-36-37-38-39-40-41-42-44-46-48-50-52-54-56-58-60-62-64-66-73(78)84-71(70-83-75(74(79)80)81-68-67-76(3,4)5)69-82-72(77)65-63-61-59-57-55-53-51-49-47-45-43-31-29-27-25-23-21-19-17-15-13-11-9-7-2/h8,10,14,16,20,22,26,28,32-33,35-36,38-39,71,75H,6-7,9,11-13,15,17-19,21,23-25,27,29-31,34,37,40-70H2,1-5H3/b10-8-,16-14-,22-20-,28-26-,33-32-,36-35-,39-38-. The number of esters is 2. The summed E-state index contributed by atoms with van der Waals surface area (Å²) < 4.78 is 22.8. The number of hydrogen-bond acceptors (Lipinski definition) is 8. The molecular formula is C75H133NO8. The van der Waals surface area contributed by atoms with Gasteiger partial charge in [0.2, 0.25) is 0 Å². The SMILES string of the molecule is CC/C=C\C/C=C\C/C=C\C/C=C\C/C=C\C/C=C\C/C=C\CCCCCCCCCCCCCCCC(=O)OC(COC(=O)CCCCCCCCCCCCCCCCCCCCCCCCCC)COC(OCC[N+](C)(C)C)C(=O)[O-]. The molecule has 0 bridgehead atoms. The van der Waals surface area contributed by atoms with Gasteiger partial charge in [0.25, 0.3) is 0 Å². The fourth-order valence-corrected chi connectivity index (χ4v) is 10.0. The van der Waals surface area contributed by atoms with Crippen molar-refractivity contribution in [2.45, 2.75) is 328 Å². The molecule has 0 saturated heterocycles. The molecule has 0 radical (unpaired) electrons. The van der Waals surface area contributed by atoms with Crippen LogP contribution in [0.4, 0.5) is 0 Å². The Labute approximate surface area is 519 Å². The van der Waals surface area contributed by atoms with Gasteiger partial charge in [-0.1, -0.05) is 317 Å². The maximum Gasteiger partial charge on any atom is 0.306 e. The van der Waals surface area contributed by atoms with Crippen molar-refractivity contribution < 1.29 is 42.9 Å². The highest BCUT2D eigenvalue weighted by Crippen LogP contribution is 2.18. The lowest BCUT2D eigenvalue weighted by molar-refractivity contribution is -0.870. The molecule has 0 aliphatic rings. The predicted molar refractivity (Wildman–Crippen MR) is 357 cm³/mol. The molecule has 2 atom stereocenters. The quantitative estimate of drug-likeness (QED) is 0.0195. The van der Waals surface area contributed by atoms with E-state index >= 15 is 0 Å². The number of carboxylic acid groups (broad SMARTS) is 1. The molecule has 0 rings (SSSR count).